The zero-order valence-electron chi connectivity index (χ0n) is 11.8. The third-order valence-corrected chi connectivity index (χ3v) is 4.15. The van der Waals surface area contributed by atoms with Gasteiger partial charge in [-0.1, -0.05) is 36.4 Å². The van der Waals surface area contributed by atoms with Crippen LogP contribution >= 0.6 is 0 Å². The van der Waals surface area contributed by atoms with Crippen LogP contribution in [0.3, 0.4) is 0 Å². The lowest BCUT2D eigenvalue weighted by atomic mass is 9.78. The van der Waals surface area contributed by atoms with Crippen LogP contribution in [-0.2, 0) is 0 Å². The van der Waals surface area contributed by atoms with E-state index in [1.54, 1.807) is 18.2 Å². The zero-order valence-corrected chi connectivity index (χ0v) is 11.8. The van der Waals surface area contributed by atoms with E-state index < -0.39 is 12.9 Å². The molecular formula is C17H20F4. The lowest BCUT2D eigenvalue weighted by molar-refractivity contribution is 0.151. The monoisotopic (exact) mass is 300 g/mol. The topological polar surface area (TPSA) is 0 Å². The Bertz CT molecular complexity index is 442. The molecule has 0 saturated heterocycles. The molecule has 0 amide bonds. The van der Waals surface area contributed by atoms with E-state index in [0.717, 1.165) is 31.2 Å². The minimum atomic E-state index is -2.42. The van der Waals surface area contributed by atoms with Crippen LogP contribution in [0.4, 0.5) is 17.6 Å². The molecule has 0 nitrogen and oxygen atoms in total. The average Bonchev–Trinajstić information content (AvgIpc) is 2.48. The van der Waals surface area contributed by atoms with E-state index in [1.807, 2.05) is 6.08 Å². The molecule has 1 aliphatic carbocycles. The van der Waals surface area contributed by atoms with Gasteiger partial charge in [-0.25, -0.2) is 17.6 Å². The van der Waals surface area contributed by atoms with Crippen LogP contribution in [0, 0.1) is 5.92 Å². The van der Waals surface area contributed by atoms with E-state index in [9.17, 15) is 17.6 Å². The molecule has 0 aromatic heterocycles. The molecule has 0 aliphatic heterocycles. The molecule has 116 valence electrons. The van der Waals surface area contributed by atoms with E-state index in [-0.39, 0.29) is 12.0 Å². The van der Waals surface area contributed by atoms with E-state index in [1.165, 1.54) is 12.1 Å². The fourth-order valence-corrected chi connectivity index (χ4v) is 2.93. The van der Waals surface area contributed by atoms with Crippen LogP contribution in [0.2, 0.25) is 0 Å². The van der Waals surface area contributed by atoms with Gasteiger partial charge < -0.3 is 0 Å². The number of allylic oxidation sites excluding steroid dienone is 2. The van der Waals surface area contributed by atoms with Crippen molar-refractivity contribution in [3.63, 3.8) is 0 Å². The molecule has 1 fully saturated rings. The Morgan fingerprint density at radius 2 is 1.57 bits per heavy atom. The molecule has 2 rings (SSSR count). The Labute approximate surface area is 122 Å². The SMILES string of the molecule is FC(F)C/C=C/C1CCC(c2ccc(C(F)F)cc2)CC1. The van der Waals surface area contributed by atoms with E-state index in [0.29, 0.717) is 11.8 Å². The normalized spacial score (nSPS) is 23.3. The first-order valence-electron chi connectivity index (χ1n) is 7.39. The molecular weight excluding hydrogens is 280 g/mol. The Morgan fingerprint density at radius 1 is 0.952 bits per heavy atom. The molecule has 1 aromatic rings. The van der Waals surface area contributed by atoms with Crippen molar-refractivity contribution in [2.24, 2.45) is 5.92 Å². The molecule has 4 heteroatoms. The zero-order chi connectivity index (χ0) is 15.2. The average molecular weight is 300 g/mol. The molecule has 1 aromatic carbocycles. The molecule has 0 N–H and O–H groups in total. The molecule has 1 saturated carbocycles. The predicted molar refractivity (Wildman–Crippen MR) is 75.9 cm³/mol. The lowest BCUT2D eigenvalue weighted by Gasteiger charge is -2.27. The minimum absolute atomic E-state index is 0.0577. The van der Waals surface area contributed by atoms with Crippen molar-refractivity contribution in [1.82, 2.24) is 0 Å². The van der Waals surface area contributed by atoms with Gasteiger partial charge in [0.2, 0.25) is 6.43 Å². The summed E-state index contributed by atoms with van der Waals surface area (Å²) in [7, 11) is 0. The van der Waals surface area contributed by atoms with E-state index in [4.69, 9.17) is 0 Å². The standard InChI is InChI=1S/C17H20F4/c18-16(19)3-1-2-12-4-6-13(7-5-12)14-8-10-15(11-9-14)17(20)21/h1-2,8-13,16-17H,3-7H2/b2-1+. The van der Waals surface area contributed by atoms with Gasteiger partial charge in [0, 0.05) is 12.0 Å². The van der Waals surface area contributed by atoms with Crippen molar-refractivity contribution in [2.45, 2.75) is 50.9 Å². The smallest absolute Gasteiger partial charge is 0.210 e. The largest absolute Gasteiger partial charge is 0.263 e. The molecule has 0 atom stereocenters. The maximum Gasteiger partial charge on any atom is 0.263 e. The summed E-state index contributed by atoms with van der Waals surface area (Å²) in [5.41, 5.74) is 1.16. The summed E-state index contributed by atoms with van der Waals surface area (Å²) < 4.78 is 49.1. The Balaban J connectivity index is 1.84. The third-order valence-electron chi connectivity index (χ3n) is 4.15. The summed E-state index contributed by atoms with van der Waals surface area (Å²) in [6.07, 6.45) is 2.53. The minimum Gasteiger partial charge on any atom is -0.210 e. The lowest BCUT2D eigenvalue weighted by Crippen LogP contribution is -2.11. The first kappa shape index (κ1) is 16.1. The van der Waals surface area contributed by atoms with Gasteiger partial charge in [-0.05, 0) is 43.1 Å². The first-order chi connectivity index (χ1) is 10.1. The Hall–Kier alpha value is -1.32. The van der Waals surface area contributed by atoms with Gasteiger partial charge in [0.25, 0.3) is 6.43 Å². The second-order valence-corrected chi connectivity index (χ2v) is 5.63. The highest BCUT2D eigenvalue weighted by Crippen LogP contribution is 2.36. The first-order valence-corrected chi connectivity index (χ1v) is 7.39. The molecule has 0 radical (unpaired) electrons. The van der Waals surface area contributed by atoms with Crippen LogP contribution in [0.1, 0.15) is 55.6 Å². The number of hydrogen-bond acceptors (Lipinski definition) is 0. The number of alkyl halides is 4. The van der Waals surface area contributed by atoms with Crippen molar-refractivity contribution in [1.29, 1.82) is 0 Å². The van der Waals surface area contributed by atoms with Gasteiger partial charge in [0.1, 0.15) is 0 Å². The second-order valence-electron chi connectivity index (χ2n) is 5.63. The van der Waals surface area contributed by atoms with Crippen LogP contribution in [0.5, 0.6) is 0 Å². The number of rotatable bonds is 5. The highest BCUT2D eigenvalue weighted by Gasteiger charge is 2.21. The Kier molecular flexibility index (Phi) is 5.83. The molecule has 0 spiro atoms. The maximum atomic E-state index is 12.5. The van der Waals surface area contributed by atoms with Crippen LogP contribution < -0.4 is 0 Å². The molecule has 21 heavy (non-hydrogen) atoms. The van der Waals surface area contributed by atoms with Gasteiger partial charge in [0.05, 0.1) is 0 Å². The van der Waals surface area contributed by atoms with Crippen molar-refractivity contribution in [3.8, 4) is 0 Å². The summed E-state index contributed by atoms with van der Waals surface area (Å²) in [6, 6.07) is 6.57. The third kappa shape index (κ3) is 4.87. The molecule has 0 heterocycles. The highest BCUT2D eigenvalue weighted by atomic mass is 19.3. The van der Waals surface area contributed by atoms with Gasteiger partial charge in [-0.3, -0.25) is 0 Å². The highest BCUT2D eigenvalue weighted by molar-refractivity contribution is 5.26. The van der Waals surface area contributed by atoms with Gasteiger partial charge in [-0.2, -0.15) is 0 Å². The van der Waals surface area contributed by atoms with E-state index >= 15 is 0 Å². The fourth-order valence-electron chi connectivity index (χ4n) is 2.93. The van der Waals surface area contributed by atoms with Crippen LogP contribution in [0.25, 0.3) is 0 Å². The van der Waals surface area contributed by atoms with Gasteiger partial charge >= 0.3 is 0 Å². The summed E-state index contributed by atoms with van der Waals surface area (Å²) in [5, 5.41) is 0. The molecule has 0 bridgehead atoms. The summed E-state index contributed by atoms with van der Waals surface area (Å²) in [5.74, 6) is 0.775. The van der Waals surface area contributed by atoms with Gasteiger partial charge in [0.15, 0.2) is 0 Å². The number of benzene rings is 1. The predicted octanol–water partition coefficient (Wildman–Crippen LogP) is 6.11. The summed E-state index contributed by atoms with van der Waals surface area (Å²) in [4.78, 5) is 0. The quantitative estimate of drug-likeness (QED) is 0.454. The molecule has 1 aliphatic rings. The van der Waals surface area contributed by atoms with E-state index in [2.05, 4.69) is 0 Å². The fraction of sp³-hybridized carbons (Fsp3) is 0.529. The maximum absolute atomic E-state index is 12.5. The number of halogens is 4. The van der Waals surface area contributed by atoms with Gasteiger partial charge in [-0.15, -0.1) is 0 Å². The van der Waals surface area contributed by atoms with Crippen molar-refractivity contribution in [3.05, 3.63) is 47.5 Å². The van der Waals surface area contributed by atoms with Crippen molar-refractivity contribution >= 4 is 0 Å². The summed E-state index contributed by atoms with van der Waals surface area (Å²) in [6.45, 7) is 0. The molecule has 0 unspecified atom stereocenters. The summed E-state index contributed by atoms with van der Waals surface area (Å²) >= 11 is 0. The number of hydrogen-bond donors (Lipinski definition) is 0. The van der Waals surface area contributed by atoms with Crippen LogP contribution in [-0.4, -0.2) is 6.43 Å². The Morgan fingerprint density at radius 3 is 2.10 bits per heavy atom. The second kappa shape index (κ2) is 7.62. The van der Waals surface area contributed by atoms with Crippen LogP contribution in [0.15, 0.2) is 36.4 Å². The van der Waals surface area contributed by atoms with Crippen molar-refractivity contribution < 1.29 is 17.6 Å². The van der Waals surface area contributed by atoms with Crippen molar-refractivity contribution in [2.75, 3.05) is 0 Å².